The number of thiophene rings is 1. The van der Waals surface area contributed by atoms with Gasteiger partial charge in [0.15, 0.2) is 6.04 Å². The van der Waals surface area contributed by atoms with Crippen molar-refractivity contribution in [2.45, 2.75) is 39.4 Å². The van der Waals surface area contributed by atoms with E-state index in [0.717, 1.165) is 4.88 Å². The Balaban J connectivity index is 1.74. The zero-order valence-electron chi connectivity index (χ0n) is 19.8. The lowest BCUT2D eigenvalue weighted by atomic mass is 10.1. The molecule has 1 atom stereocenters. The topological polar surface area (TPSA) is 115 Å². The predicted molar refractivity (Wildman–Crippen MR) is 131 cm³/mol. The highest BCUT2D eigenvalue weighted by Crippen LogP contribution is 2.32. The van der Waals surface area contributed by atoms with Crippen molar-refractivity contribution in [3.63, 3.8) is 0 Å². The lowest BCUT2D eigenvalue weighted by Gasteiger charge is -2.30. The van der Waals surface area contributed by atoms with Crippen LogP contribution in [0.3, 0.4) is 0 Å². The van der Waals surface area contributed by atoms with Crippen LogP contribution in [0, 0.1) is 6.92 Å². The number of tetrazole rings is 1. The average molecular weight is 495 g/mol. The Morgan fingerprint density at radius 3 is 2.69 bits per heavy atom. The van der Waals surface area contributed by atoms with Gasteiger partial charge in [0, 0.05) is 17.8 Å². The largest absolute Gasteiger partial charge is 0.497 e. The first-order valence-electron chi connectivity index (χ1n) is 11.0. The van der Waals surface area contributed by atoms with Gasteiger partial charge in [-0.1, -0.05) is 12.1 Å². The zero-order chi connectivity index (χ0) is 24.9. The number of hydrogen-bond donors (Lipinski definition) is 1. The Bertz CT molecular complexity index is 1300. The summed E-state index contributed by atoms with van der Waals surface area (Å²) in [6.07, 6.45) is 0. The molecule has 1 N–H and O–H groups in total. The number of ether oxygens (including phenoxy) is 1. The number of rotatable bonds is 9. The molecule has 1 aromatic carbocycles. The van der Waals surface area contributed by atoms with Gasteiger partial charge in [-0.05, 0) is 61.7 Å². The summed E-state index contributed by atoms with van der Waals surface area (Å²) in [6.45, 7) is 5.25. The SMILES string of the molecule is COc1cccc(N(C(=O)Cn2nnc(-c3cccs3)n2)[C@H](C(=O)NC(C)C)c2ccc(C)o2)c1. The second-order valence-electron chi connectivity index (χ2n) is 8.10. The van der Waals surface area contributed by atoms with Crippen molar-refractivity contribution in [2.75, 3.05) is 12.0 Å². The first kappa shape index (κ1) is 24.1. The Labute approximate surface area is 206 Å². The van der Waals surface area contributed by atoms with Gasteiger partial charge in [-0.3, -0.25) is 14.5 Å². The number of carbonyl (C=O) groups is 2. The Hall–Kier alpha value is -3.99. The van der Waals surface area contributed by atoms with E-state index in [1.54, 1.807) is 43.3 Å². The summed E-state index contributed by atoms with van der Waals surface area (Å²) in [5, 5.41) is 17.2. The van der Waals surface area contributed by atoms with Gasteiger partial charge in [0.2, 0.25) is 5.82 Å². The van der Waals surface area contributed by atoms with Gasteiger partial charge in [-0.25, -0.2) is 0 Å². The van der Waals surface area contributed by atoms with Crippen LogP contribution in [0.25, 0.3) is 10.7 Å². The van der Waals surface area contributed by atoms with Crippen LogP contribution in [0.2, 0.25) is 0 Å². The molecule has 0 aliphatic rings. The highest BCUT2D eigenvalue weighted by Gasteiger charge is 2.36. The summed E-state index contributed by atoms with van der Waals surface area (Å²) >= 11 is 1.48. The minimum Gasteiger partial charge on any atom is -0.497 e. The quantitative estimate of drug-likeness (QED) is 0.378. The lowest BCUT2D eigenvalue weighted by Crippen LogP contribution is -2.46. The molecule has 3 heterocycles. The lowest BCUT2D eigenvalue weighted by molar-refractivity contribution is -0.127. The fraction of sp³-hybridized carbons (Fsp3) is 0.292. The molecule has 0 saturated carbocycles. The van der Waals surface area contributed by atoms with Gasteiger partial charge in [0.25, 0.3) is 11.8 Å². The number of benzene rings is 1. The number of methoxy groups -OCH3 is 1. The van der Waals surface area contributed by atoms with E-state index in [2.05, 4.69) is 20.7 Å². The molecule has 0 spiro atoms. The van der Waals surface area contributed by atoms with Gasteiger partial charge >= 0.3 is 0 Å². The number of carbonyl (C=O) groups excluding carboxylic acids is 2. The van der Waals surface area contributed by atoms with E-state index in [1.807, 2.05) is 31.4 Å². The zero-order valence-corrected chi connectivity index (χ0v) is 20.7. The van der Waals surface area contributed by atoms with Crippen molar-refractivity contribution in [3.05, 3.63) is 65.4 Å². The van der Waals surface area contributed by atoms with Crippen LogP contribution in [0.5, 0.6) is 5.75 Å². The molecule has 0 bridgehead atoms. The normalized spacial score (nSPS) is 11.9. The highest BCUT2D eigenvalue weighted by molar-refractivity contribution is 7.13. The van der Waals surface area contributed by atoms with Crippen LogP contribution >= 0.6 is 11.3 Å². The molecule has 3 aromatic heterocycles. The Kier molecular flexibility index (Phi) is 7.25. The molecule has 0 aliphatic heterocycles. The van der Waals surface area contributed by atoms with Crippen molar-refractivity contribution < 1.29 is 18.7 Å². The first-order valence-corrected chi connectivity index (χ1v) is 11.9. The van der Waals surface area contributed by atoms with Crippen LogP contribution in [0.1, 0.15) is 31.4 Å². The average Bonchev–Trinajstić information content (AvgIpc) is 3.59. The maximum atomic E-state index is 13.8. The third-order valence-electron chi connectivity index (χ3n) is 5.04. The molecule has 4 rings (SSSR count). The van der Waals surface area contributed by atoms with Crippen molar-refractivity contribution in [3.8, 4) is 16.5 Å². The molecule has 35 heavy (non-hydrogen) atoms. The molecule has 11 heteroatoms. The van der Waals surface area contributed by atoms with Crippen LogP contribution in [-0.2, 0) is 16.1 Å². The highest BCUT2D eigenvalue weighted by atomic mass is 32.1. The van der Waals surface area contributed by atoms with Gasteiger partial charge < -0.3 is 14.5 Å². The summed E-state index contributed by atoms with van der Waals surface area (Å²) in [6, 6.07) is 12.9. The summed E-state index contributed by atoms with van der Waals surface area (Å²) < 4.78 is 11.2. The first-order chi connectivity index (χ1) is 16.9. The number of anilines is 1. The number of nitrogens with zero attached hydrogens (tertiary/aromatic N) is 5. The summed E-state index contributed by atoms with van der Waals surface area (Å²) in [4.78, 5) is 30.6. The standard InChI is InChI=1S/C24H26N6O4S/c1-15(2)25-24(32)22(19-11-10-16(3)34-19)30(17-7-5-8-18(13-17)33-4)21(31)14-29-27-23(26-28-29)20-9-6-12-35-20/h5-13,15,22H,14H2,1-4H3,(H,25,32)/t22-/m0/s1. The van der Waals surface area contributed by atoms with Gasteiger partial charge in [-0.15, -0.1) is 21.5 Å². The molecule has 2 amide bonds. The molecule has 0 aliphatic carbocycles. The van der Waals surface area contributed by atoms with Crippen LogP contribution < -0.4 is 15.0 Å². The third kappa shape index (κ3) is 5.57. The number of aromatic nitrogens is 4. The van der Waals surface area contributed by atoms with E-state index in [0.29, 0.717) is 28.8 Å². The fourth-order valence-electron chi connectivity index (χ4n) is 3.55. The fourth-order valence-corrected chi connectivity index (χ4v) is 4.19. The van der Waals surface area contributed by atoms with Crippen molar-refractivity contribution >= 4 is 28.8 Å². The maximum Gasteiger partial charge on any atom is 0.251 e. The van der Waals surface area contributed by atoms with Gasteiger partial charge in [0.1, 0.15) is 23.8 Å². The van der Waals surface area contributed by atoms with Gasteiger partial charge in [0.05, 0.1) is 12.0 Å². The number of amides is 2. The van der Waals surface area contributed by atoms with E-state index in [9.17, 15) is 9.59 Å². The van der Waals surface area contributed by atoms with Crippen molar-refractivity contribution in [2.24, 2.45) is 0 Å². The Morgan fingerprint density at radius 2 is 2.03 bits per heavy atom. The van der Waals surface area contributed by atoms with E-state index < -0.39 is 11.9 Å². The Morgan fingerprint density at radius 1 is 1.20 bits per heavy atom. The third-order valence-corrected chi connectivity index (χ3v) is 5.91. The van der Waals surface area contributed by atoms with Crippen molar-refractivity contribution in [1.82, 2.24) is 25.5 Å². The molecule has 182 valence electrons. The van der Waals surface area contributed by atoms with E-state index >= 15 is 0 Å². The predicted octanol–water partition coefficient (Wildman–Crippen LogP) is 3.61. The van der Waals surface area contributed by atoms with Crippen molar-refractivity contribution in [1.29, 1.82) is 0 Å². The molecule has 4 aromatic rings. The number of nitrogens with one attached hydrogen (secondary N) is 1. The number of furan rings is 1. The summed E-state index contributed by atoms with van der Waals surface area (Å²) in [5.41, 5.74) is 0.464. The molecule has 0 radical (unpaired) electrons. The number of hydrogen-bond acceptors (Lipinski definition) is 8. The van der Waals surface area contributed by atoms with E-state index in [1.165, 1.54) is 28.1 Å². The van der Waals surface area contributed by atoms with E-state index in [-0.39, 0.29) is 18.5 Å². The minimum absolute atomic E-state index is 0.145. The molecular weight excluding hydrogens is 468 g/mol. The van der Waals surface area contributed by atoms with E-state index in [4.69, 9.17) is 9.15 Å². The number of aryl methyl sites for hydroxylation is 1. The smallest absolute Gasteiger partial charge is 0.251 e. The second kappa shape index (κ2) is 10.5. The molecule has 0 unspecified atom stereocenters. The molecular formula is C24H26N6O4S. The molecule has 0 fully saturated rings. The van der Waals surface area contributed by atoms with Crippen LogP contribution in [-0.4, -0.2) is 45.2 Å². The van der Waals surface area contributed by atoms with Crippen LogP contribution in [0.15, 0.2) is 58.3 Å². The molecule has 10 nitrogen and oxygen atoms in total. The van der Waals surface area contributed by atoms with Crippen LogP contribution in [0.4, 0.5) is 5.69 Å². The molecule has 0 saturated heterocycles. The summed E-state index contributed by atoms with van der Waals surface area (Å²) in [5.74, 6) is 1.12. The minimum atomic E-state index is -1.06. The monoisotopic (exact) mass is 494 g/mol. The second-order valence-corrected chi connectivity index (χ2v) is 9.05. The summed E-state index contributed by atoms with van der Waals surface area (Å²) in [7, 11) is 1.54. The maximum absolute atomic E-state index is 13.8. The van der Waals surface area contributed by atoms with Gasteiger partial charge in [-0.2, -0.15) is 4.80 Å².